The van der Waals surface area contributed by atoms with Gasteiger partial charge in [-0.25, -0.2) is 4.98 Å². The van der Waals surface area contributed by atoms with Crippen molar-refractivity contribution in [2.45, 2.75) is 38.8 Å². The maximum Gasteiger partial charge on any atom is 0.255 e. The number of nitrogens with zero attached hydrogens (tertiary/aromatic N) is 2. The Morgan fingerprint density at radius 1 is 1.03 bits per heavy atom. The first-order valence-corrected chi connectivity index (χ1v) is 12.3. The molecule has 0 aliphatic rings. The van der Waals surface area contributed by atoms with Crippen LogP contribution in [0.5, 0.6) is 11.5 Å². The number of allylic oxidation sites excluding steroid dienone is 1. The van der Waals surface area contributed by atoms with Gasteiger partial charge < -0.3 is 19.4 Å². The lowest BCUT2D eigenvalue weighted by atomic mass is 10.1. The minimum absolute atomic E-state index is 0.190. The Labute approximate surface area is 212 Å². The fourth-order valence-corrected chi connectivity index (χ4v) is 4.35. The van der Waals surface area contributed by atoms with Crippen LogP contribution in [0, 0.1) is 0 Å². The number of amides is 1. The van der Waals surface area contributed by atoms with Gasteiger partial charge in [-0.3, -0.25) is 4.79 Å². The molecule has 4 rings (SSSR count). The SMILES string of the molecule is C=CCc1ccccc1OCCCCn1c(C(C)NC(=O)c2ccccc2OC)nc2ccccc21. The molecule has 0 saturated heterocycles. The third-order valence-electron chi connectivity index (χ3n) is 6.14. The van der Waals surface area contributed by atoms with Crippen LogP contribution in [0.2, 0.25) is 0 Å². The molecule has 0 bridgehead atoms. The summed E-state index contributed by atoms with van der Waals surface area (Å²) in [6.07, 6.45) is 4.50. The van der Waals surface area contributed by atoms with Gasteiger partial charge in [-0.15, -0.1) is 6.58 Å². The van der Waals surface area contributed by atoms with Gasteiger partial charge in [-0.1, -0.05) is 48.5 Å². The maximum atomic E-state index is 13.0. The molecule has 186 valence electrons. The average Bonchev–Trinajstić information content (AvgIpc) is 3.28. The predicted octanol–water partition coefficient (Wildman–Crippen LogP) is 6.12. The number of hydrogen-bond acceptors (Lipinski definition) is 4. The number of rotatable bonds is 12. The fraction of sp³-hybridized carbons (Fsp3) is 0.267. The molecule has 36 heavy (non-hydrogen) atoms. The van der Waals surface area contributed by atoms with Crippen LogP contribution in [0.4, 0.5) is 0 Å². The highest BCUT2D eigenvalue weighted by Gasteiger charge is 2.20. The van der Waals surface area contributed by atoms with Crippen molar-refractivity contribution in [2.75, 3.05) is 13.7 Å². The molecule has 1 heterocycles. The Morgan fingerprint density at radius 3 is 2.56 bits per heavy atom. The van der Waals surface area contributed by atoms with Crippen molar-refractivity contribution in [2.24, 2.45) is 0 Å². The summed E-state index contributed by atoms with van der Waals surface area (Å²) < 4.78 is 13.6. The normalized spacial score (nSPS) is 11.7. The predicted molar refractivity (Wildman–Crippen MR) is 144 cm³/mol. The van der Waals surface area contributed by atoms with Gasteiger partial charge in [0.2, 0.25) is 0 Å². The van der Waals surface area contributed by atoms with E-state index in [-0.39, 0.29) is 11.9 Å². The van der Waals surface area contributed by atoms with Crippen LogP contribution in [0.1, 0.15) is 47.6 Å². The van der Waals surface area contributed by atoms with Crippen molar-refractivity contribution in [3.8, 4) is 11.5 Å². The van der Waals surface area contributed by atoms with Crippen molar-refractivity contribution in [3.63, 3.8) is 0 Å². The van der Waals surface area contributed by atoms with Crippen LogP contribution in [0.3, 0.4) is 0 Å². The lowest BCUT2D eigenvalue weighted by molar-refractivity contribution is 0.0934. The van der Waals surface area contributed by atoms with E-state index in [9.17, 15) is 4.79 Å². The van der Waals surface area contributed by atoms with Gasteiger partial charge in [0.05, 0.1) is 36.4 Å². The van der Waals surface area contributed by atoms with Crippen LogP contribution in [-0.4, -0.2) is 29.2 Å². The molecule has 1 amide bonds. The average molecular weight is 484 g/mol. The second-order valence-corrected chi connectivity index (χ2v) is 8.66. The first kappa shape index (κ1) is 25.0. The van der Waals surface area contributed by atoms with Gasteiger partial charge in [0.1, 0.15) is 17.3 Å². The molecule has 6 nitrogen and oxygen atoms in total. The number of carbonyl (C=O) groups excluding carboxylic acids is 1. The molecular formula is C30H33N3O3. The molecule has 0 spiro atoms. The van der Waals surface area contributed by atoms with Crippen molar-refractivity contribution < 1.29 is 14.3 Å². The number of nitrogens with one attached hydrogen (secondary N) is 1. The quantitative estimate of drug-likeness (QED) is 0.195. The van der Waals surface area contributed by atoms with Gasteiger partial charge in [0.15, 0.2) is 0 Å². The number of hydrogen-bond donors (Lipinski definition) is 1. The van der Waals surface area contributed by atoms with Gasteiger partial charge >= 0.3 is 0 Å². The second-order valence-electron chi connectivity index (χ2n) is 8.66. The molecule has 0 aliphatic heterocycles. The zero-order chi connectivity index (χ0) is 25.3. The number of carbonyl (C=O) groups is 1. The lowest BCUT2D eigenvalue weighted by Gasteiger charge is -2.17. The summed E-state index contributed by atoms with van der Waals surface area (Å²) in [5.41, 5.74) is 3.63. The molecular weight excluding hydrogens is 450 g/mol. The summed E-state index contributed by atoms with van der Waals surface area (Å²) in [6.45, 7) is 7.21. The first-order chi connectivity index (χ1) is 17.6. The van der Waals surface area contributed by atoms with E-state index in [2.05, 4.69) is 28.6 Å². The number of aryl methyl sites for hydroxylation is 1. The van der Waals surface area contributed by atoms with Crippen molar-refractivity contribution >= 4 is 16.9 Å². The Balaban J connectivity index is 1.43. The molecule has 1 atom stereocenters. The molecule has 1 aromatic heterocycles. The number of aromatic nitrogens is 2. The topological polar surface area (TPSA) is 65.4 Å². The number of benzene rings is 3. The van der Waals surface area contributed by atoms with Crippen LogP contribution in [0.25, 0.3) is 11.0 Å². The molecule has 6 heteroatoms. The summed E-state index contributed by atoms with van der Waals surface area (Å²) >= 11 is 0. The fourth-order valence-electron chi connectivity index (χ4n) is 4.35. The largest absolute Gasteiger partial charge is 0.496 e. The Morgan fingerprint density at radius 2 is 1.75 bits per heavy atom. The summed E-state index contributed by atoms with van der Waals surface area (Å²) in [5.74, 6) is 2.10. The number of unbranched alkanes of at least 4 members (excludes halogenated alkanes) is 1. The summed E-state index contributed by atoms with van der Waals surface area (Å²) in [4.78, 5) is 17.8. The summed E-state index contributed by atoms with van der Waals surface area (Å²) in [5, 5.41) is 3.09. The monoisotopic (exact) mass is 483 g/mol. The molecule has 1 unspecified atom stereocenters. The molecule has 1 N–H and O–H groups in total. The Bertz CT molecular complexity index is 1330. The smallest absolute Gasteiger partial charge is 0.255 e. The highest BCUT2D eigenvalue weighted by molar-refractivity contribution is 5.97. The molecule has 0 saturated carbocycles. The number of fused-ring (bicyclic) bond motifs is 1. The third-order valence-corrected chi connectivity index (χ3v) is 6.14. The van der Waals surface area contributed by atoms with Crippen molar-refractivity contribution in [1.29, 1.82) is 0 Å². The minimum atomic E-state index is -0.281. The summed E-state index contributed by atoms with van der Waals surface area (Å²) in [7, 11) is 1.57. The molecule has 4 aromatic rings. The molecule has 0 aliphatic carbocycles. The van der Waals surface area contributed by atoms with Crippen LogP contribution >= 0.6 is 0 Å². The number of para-hydroxylation sites is 4. The molecule has 0 radical (unpaired) electrons. The maximum absolute atomic E-state index is 13.0. The zero-order valence-electron chi connectivity index (χ0n) is 20.9. The van der Waals surface area contributed by atoms with E-state index in [1.165, 1.54) is 0 Å². The van der Waals surface area contributed by atoms with Crippen LogP contribution in [-0.2, 0) is 13.0 Å². The van der Waals surface area contributed by atoms with E-state index in [4.69, 9.17) is 14.5 Å². The van der Waals surface area contributed by atoms with E-state index < -0.39 is 0 Å². The zero-order valence-corrected chi connectivity index (χ0v) is 20.9. The Kier molecular flexibility index (Phi) is 8.40. The van der Waals surface area contributed by atoms with E-state index in [0.29, 0.717) is 17.9 Å². The number of ether oxygens (including phenoxy) is 2. The van der Waals surface area contributed by atoms with Gasteiger partial charge in [0, 0.05) is 6.54 Å². The number of methoxy groups -OCH3 is 1. The standard InChI is InChI=1S/C30H33N3O3/c1-4-13-23-14-5-9-18-27(23)36-21-12-11-20-33-26-17-8-7-16-25(26)32-29(33)22(2)31-30(34)24-15-6-10-19-28(24)35-3/h4-10,14-19,22H,1,11-13,20-21H2,2-3H3,(H,31,34). The van der Waals surface area contributed by atoms with Gasteiger partial charge in [-0.05, 0) is 62.1 Å². The second kappa shape index (κ2) is 12.1. The van der Waals surface area contributed by atoms with E-state index in [1.807, 2.05) is 61.5 Å². The highest BCUT2D eigenvalue weighted by Crippen LogP contribution is 2.24. The van der Waals surface area contributed by atoms with Gasteiger partial charge in [-0.2, -0.15) is 0 Å². The molecule has 0 fully saturated rings. The van der Waals surface area contributed by atoms with Crippen molar-refractivity contribution in [3.05, 3.63) is 102 Å². The molecule has 3 aromatic carbocycles. The highest BCUT2D eigenvalue weighted by atomic mass is 16.5. The van der Waals surface area contributed by atoms with E-state index in [0.717, 1.165) is 54.0 Å². The lowest BCUT2D eigenvalue weighted by Crippen LogP contribution is -2.29. The third kappa shape index (κ3) is 5.77. The van der Waals surface area contributed by atoms with Crippen molar-refractivity contribution in [1.82, 2.24) is 14.9 Å². The Hall–Kier alpha value is -4.06. The minimum Gasteiger partial charge on any atom is -0.496 e. The summed E-state index contributed by atoms with van der Waals surface area (Å²) in [6, 6.07) is 23.1. The van der Waals surface area contributed by atoms with Crippen LogP contribution < -0.4 is 14.8 Å². The van der Waals surface area contributed by atoms with Gasteiger partial charge in [0.25, 0.3) is 5.91 Å². The van der Waals surface area contributed by atoms with E-state index in [1.54, 1.807) is 19.2 Å². The number of imidazole rings is 1. The first-order valence-electron chi connectivity index (χ1n) is 12.3. The van der Waals surface area contributed by atoms with E-state index >= 15 is 0 Å². The van der Waals surface area contributed by atoms with Crippen LogP contribution in [0.15, 0.2) is 85.5 Å².